The van der Waals surface area contributed by atoms with E-state index in [9.17, 15) is 9.18 Å². The van der Waals surface area contributed by atoms with E-state index in [0.29, 0.717) is 17.3 Å². The highest BCUT2D eigenvalue weighted by atomic mass is 19.1. The van der Waals surface area contributed by atoms with Crippen LogP contribution < -0.4 is 4.74 Å². The predicted molar refractivity (Wildman–Crippen MR) is 86.6 cm³/mol. The zero-order valence-corrected chi connectivity index (χ0v) is 13.1. The molecule has 0 aliphatic heterocycles. The van der Waals surface area contributed by atoms with Crippen LogP contribution in [-0.4, -0.2) is 21.1 Å². The number of aromatic nitrogens is 3. The number of hydrogen-bond acceptors (Lipinski definition) is 5. The summed E-state index contributed by atoms with van der Waals surface area (Å²) in [6, 6.07) is 11.2. The first-order valence-corrected chi connectivity index (χ1v) is 7.45. The zero-order valence-electron chi connectivity index (χ0n) is 13.1. The minimum Gasteiger partial charge on any atom is -0.473 e. The van der Waals surface area contributed by atoms with Gasteiger partial charge in [0.05, 0.1) is 17.8 Å². The van der Waals surface area contributed by atoms with Gasteiger partial charge in [-0.25, -0.2) is 9.07 Å². The maximum atomic E-state index is 13.9. The maximum Gasteiger partial charge on any atom is 0.215 e. The van der Waals surface area contributed by atoms with Gasteiger partial charge in [-0.05, 0) is 23.8 Å². The van der Waals surface area contributed by atoms with Crippen molar-refractivity contribution in [2.45, 2.75) is 13.0 Å². The van der Waals surface area contributed by atoms with Gasteiger partial charge in [0.1, 0.15) is 18.7 Å². The minimum absolute atomic E-state index is 0.0104. The van der Waals surface area contributed by atoms with Crippen molar-refractivity contribution < 1.29 is 13.9 Å². The number of carbonyl (C=O) groups is 1. The van der Waals surface area contributed by atoms with Crippen LogP contribution in [0.4, 0.5) is 4.39 Å². The standard InChI is InChI=1S/C18H13FN4O2/c19-16-8-13(9-20)4-5-15(16)12-25-18-3-1-2-17(22-18)23-11-14(6-7-24)10-21-23/h1-5,7-8,10-11H,6,12H2. The second-order valence-corrected chi connectivity index (χ2v) is 5.20. The average molecular weight is 336 g/mol. The van der Waals surface area contributed by atoms with Crippen LogP contribution in [0, 0.1) is 17.1 Å². The molecule has 2 aromatic heterocycles. The number of nitriles is 1. The van der Waals surface area contributed by atoms with Gasteiger partial charge in [-0.3, -0.25) is 0 Å². The van der Waals surface area contributed by atoms with E-state index in [1.807, 2.05) is 6.07 Å². The summed E-state index contributed by atoms with van der Waals surface area (Å²) in [5.41, 5.74) is 1.37. The van der Waals surface area contributed by atoms with Crippen LogP contribution in [0.2, 0.25) is 0 Å². The van der Waals surface area contributed by atoms with E-state index in [2.05, 4.69) is 10.1 Å². The van der Waals surface area contributed by atoms with Crippen molar-refractivity contribution >= 4 is 6.29 Å². The van der Waals surface area contributed by atoms with Crippen molar-refractivity contribution in [3.63, 3.8) is 0 Å². The fourth-order valence-electron chi connectivity index (χ4n) is 2.18. The smallest absolute Gasteiger partial charge is 0.215 e. The lowest BCUT2D eigenvalue weighted by Gasteiger charge is -2.08. The second kappa shape index (κ2) is 7.36. The molecule has 0 radical (unpaired) electrons. The van der Waals surface area contributed by atoms with E-state index in [4.69, 9.17) is 10.00 Å². The molecule has 0 amide bonds. The Bertz CT molecular complexity index is 946. The molecule has 7 heteroatoms. The number of benzene rings is 1. The summed E-state index contributed by atoms with van der Waals surface area (Å²) in [5, 5.41) is 12.9. The van der Waals surface area contributed by atoms with E-state index in [1.54, 1.807) is 30.6 Å². The summed E-state index contributed by atoms with van der Waals surface area (Å²) in [6.07, 6.45) is 4.39. The molecule has 0 unspecified atom stereocenters. The first-order chi connectivity index (χ1) is 12.2. The molecule has 0 spiro atoms. The highest BCUT2D eigenvalue weighted by Gasteiger charge is 2.07. The van der Waals surface area contributed by atoms with Crippen LogP contribution in [0.1, 0.15) is 16.7 Å². The summed E-state index contributed by atoms with van der Waals surface area (Å²) in [5.74, 6) is 0.337. The molecule has 0 aliphatic rings. The van der Waals surface area contributed by atoms with Gasteiger partial charge in [0, 0.05) is 24.2 Å². The van der Waals surface area contributed by atoms with E-state index in [1.165, 1.54) is 22.9 Å². The van der Waals surface area contributed by atoms with E-state index in [-0.39, 0.29) is 18.6 Å². The zero-order chi connectivity index (χ0) is 17.6. The Labute approximate surface area is 143 Å². The van der Waals surface area contributed by atoms with Crippen molar-refractivity contribution in [1.82, 2.24) is 14.8 Å². The van der Waals surface area contributed by atoms with Crippen LogP contribution in [0.5, 0.6) is 5.88 Å². The summed E-state index contributed by atoms with van der Waals surface area (Å²) in [4.78, 5) is 14.9. The summed E-state index contributed by atoms with van der Waals surface area (Å²) in [7, 11) is 0. The number of hydrogen-bond donors (Lipinski definition) is 0. The quantitative estimate of drug-likeness (QED) is 0.646. The predicted octanol–water partition coefficient (Wildman–Crippen LogP) is 2.60. The highest BCUT2D eigenvalue weighted by Crippen LogP contribution is 2.16. The number of rotatable bonds is 6. The maximum absolute atomic E-state index is 13.9. The van der Waals surface area contributed by atoms with Gasteiger partial charge >= 0.3 is 0 Å². The Kier molecular flexibility index (Phi) is 4.81. The van der Waals surface area contributed by atoms with Gasteiger partial charge in [0.25, 0.3) is 0 Å². The Morgan fingerprint density at radius 1 is 1.32 bits per heavy atom. The molecular weight excluding hydrogens is 323 g/mol. The normalized spacial score (nSPS) is 10.2. The molecule has 3 aromatic rings. The van der Waals surface area contributed by atoms with E-state index < -0.39 is 5.82 Å². The monoisotopic (exact) mass is 336 g/mol. The Hall–Kier alpha value is -3.53. The molecular formula is C18H13FN4O2. The van der Waals surface area contributed by atoms with Crippen LogP contribution in [0.25, 0.3) is 5.82 Å². The first-order valence-electron chi connectivity index (χ1n) is 7.45. The van der Waals surface area contributed by atoms with Crippen molar-refractivity contribution in [2.24, 2.45) is 0 Å². The van der Waals surface area contributed by atoms with Crippen molar-refractivity contribution in [3.05, 3.63) is 71.3 Å². The minimum atomic E-state index is -0.499. The third kappa shape index (κ3) is 3.87. The molecule has 0 atom stereocenters. The molecule has 124 valence electrons. The number of nitrogens with zero attached hydrogens (tertiary/aromatic N) is 4. The van der Waals surface area contributed by atoms with Crippen molar-refractivity contribution in [3.8, 4) is 17.8 Å². The molecule has 3 rings (SSSR count). The first kappa shape index (κ1) is 16.3. The van der Waals surface area contributed by atoms with Gasteiger partial charge in [-0.1, -0.05) is 12.1 Å². The molecule has 2 heterocycles. The van der Waals surface area contributed by atoms with Crippen LogP contribution in [-0.2, 0) is 17.8 Å². The van der Waals surface area contributed by atoms with Crippen molar-refractivity contribution in [1.29, 1.82) is 5.26 Å². The average Bonchev–Trinajstić information content (AvgIpc) is 3.10. The molecule has 0 N–H and O–H groups in total. The Balaban J connectivity index is 1.73. The largest absolute Gasteiger partial charge is 0.473 e. The molecule has 0 fully saturated rings. The lowest BCUT2D eigenvalue weighted by atomic mass is 10.1. The number of halogens is 1. The van der Waals surface area contributed by atoms with Gasteiger partial charge in [-0.2, -0.15) is 15.3 Å². The van der Waals surface area contributed by atoms with E-state index in [0.717, 1.165) is 11.8 Å². The van der Waals surface area contributed by atoms with Crippen LogP contribution in [0.15, 0.2) is 48.8 Å². The molecule has 25 heavy (non-hydrogen) atoms. The highest BCUT2D eigenvalue weighted by molar-refractivity contribution is 5.54. The lowest BCUT2D eigenvalue weighted by Crippen LogP contribution is -2.03. The fourth-order valence-corrected chi connectivity index (χ4v) is 2.18. The number of aldehydes is 1. The molecule has 1 aromatic carbocycles. The third-order valence-electron chi connectivity index (χ3n) is 3.46. The fraction of sp³-hybridized carbons (Fsp3) is 0.111. The SMILES string of the molecule is N#Cc1ccc(COc2cccc(-n3cc(CC=O)cn3)n2)c(F)c1. The second-order valence-electron chi connectivity index (χ2n) is 5.20. The summed E-state index contributed by atoms with van der Waals surface area (Å²) < 4.78 is 20.9. The summed E-state index contributed by atoms with van der Waals surface area (Å²) in [6.45, 7) is -0.0104. The molecule has 0 aliphatic carbocycles. The number of pyridine rings is 1. The van der Waals surface area contributed by atoms with Crippen LogP contribution >= 0.6 is 0 Å². The van der Waals surface area contributed by atoms with Crippen LogP contribution in [0.3, 0.4) is 0 Å². The molecule has 0 bridgehead atoms. The summed E-state index contributed by atoms with van der Waals surface area (Å²) >= 11 is 0. The Morgan fingerprint density at radius 2 is 2.20 bits per heavy atom. The van der Waals surface area contributed by atoms with E-state index >= 15 is 0 Å². The third-order valence-corrected chi connectivity index (χ3v) is 3.46. The molecule has 0 saturated carbocycles. The molecule has 0 saturated heterocycles. The lowest BCUT2D eigenvalue weighted by molar-refractivity contribution is -0.107. The van der Waals surface area contributed by atoms with Gasteiger partial charge in [0.2, 0.25) is 5.88 Å². The van der Waals surface area contributed by atoms with Gasteiger partial charge in [-0.15, -0.1) is 0 Å². The number of carbonyl (C=O) groups excluding carboxylic acids is 1. The van der Waals surface area contributed by atoms with Crippen molar-refractivity contribution in [2.75, 3.05) is 0 Å². The number of ether oxygens (including phenoxy) is 1. The Morgan fingerprint density at radius 3 is 2.96 bits per heavy atom. The topological polar surface area (TPSA) is 80.8 Å². The van der Waals surface area contributed by atoms with Gasteiger partial charge < -0.3 is 9.53 Å². The van der Waals surface area contributed by atoms with Gasteiger partial charge in [0.15, 0.2) is 5.82 Å². The molecule has 6 nitrogen and oxygen atoms in total.